The maximum Gasteiger partial charge on any atom is 0.256 e. The summed E-state index contributed by atoms with van der Waals surface area (Å²) in [6.07, 6.45) is 0. The van der Waals surface area contributed by atoms with Gasteiger partial charge in [-0.2, -0.15) is 4.80 Å². The van der Waals surface area contributed by atoms with Crippen LogP contribution in [0.3, 0.4) is 0 Å². The maximum atomic E-state index is 12.7. The van der Waals surface area contributed by atoms with Gasteiger partial charge in [0, 0.05) is 28.9 Å². The number of benzene rings is 3. The predicted molar refractivity (Wildman–Crippen MR) is 134 cm³/mol. The van der Waals surface area contributed by atoms with E-state index >= 15 is 0 Å². The first-order valence-electron chi connectivity index (χ1n) is 10.7. The van der Waals surface area contributed by atoms with Crippen LogP contribution in [0.5, 0.6) is 0 Å². The van der Waals surface area contributed by atoms with E-state index in [1.807, 2.05) is 37.3 Å². The molecule has 32 heavy (non-hydrogen) atoms. The Kier molecular flexibility index (Phi) is 6.28. The quantitative estimate of drug-likeness (QED) is 0.364. The van der Waals surface area contributed by atoms with Gasteiger partial charge >= 0.3 is 0 Å². The number of fused-ring (bicyclic) bond motifs is 1. The van der Waals surface area contributed by atoms with E-state index in [9.17, 15) is 4.79 Å². The fraction of sp³-hybridized carbons (Fsp3) is 0.240. The number of nitrogens with one attached hydrogen (secondary N) is 1. The molecule has 1 heterocycles. The molecule has 0 atom stereocenters. The molecule has 6 nitrogen and oxygen atoms in total. The van der Waals surface area contributed by atoms with Crippen molar-refractivity contribution < 1.29 is 4.79 Å². The zero-order valence-corrected chi connectivity index (χ0v) is 20.3. The van der Waals surface area contributed by atoms with Crippen molar-refractivity contribution in [3.8, 4) is 5.69 Å². The number of aromatic nitrogens is 3. The Morgan fingerprint density at radius 2 is 1.66 bits per heavy atom. The fourth-order valence-electron chi connectivity index (χ4n) is 3.79. The number of hydrogen-bond donors (Lipinski definition) is 1. The van der Waals surface area contributed by atoms with Gasteiger partial charge in [0.05, 0.1) is 11.3 Å². The van der Waals surface area contributed by atoms with E-state index in [1.165, 1.54) is 5.69 Å². The average Bonchev–Trinajstić information content (AvgIpc) is 3.17. The standard InChI is InChI=1S/C25H26BrN5O/c1-5-30(6-2)18-11-12-24(17(4)13-18)31-28-22-14-16(3)21(15-23(22)29-31)27-25(32)19-9-7-8-10-20(19)26/h7-15H,5-6H2,1-4H3,(H,27,32). The number of rotatable bonds is 6. The number of aryl methyl sites for hydroxylation is 2. The number of anilines is 2. The summed E-state index contributed by atoms with van der Waals surface area (Å²) < 4.78 is 0.755. The third kappa shape index (κ3) is 4.25. The highest BCUT2D eigenvalue weighted by Gasteiger charge is 2.14. The molecule has 3 aromatic carbocycles. The van der Waals surface area contributed by atoms with Crippen molar-refractivity contribution in [2.24, 2.45) is 0 Å². The third-order valence-electron chi connectivity index (χ3n) is 5.62. The minimum atomic E-state index is -0.171. The van der Waals surface area contributed by atoms with Crippen molar-refractivity contribution >= 4 is 44.2 Å². The summed E-state index contributed by atoms with van der Waals surface area (Å²) in [6.45, 7) is 10.3. The van der Waals surface area contributed by atoms with E-state index in [1.54, 1.807) is 10.9 Å². The van der Waals surface area contributed by atoms with Crippen LogP contribution in [0.15, 0.2) is 59.1 Å². The highest BCUT2D eigenvalue weighted by atomic mass is 79.9. The highest BCUT2D eigenvalue weighted by molar-refractivity contribution is 9.10. The van der Waals surface area contributed by atoms with Crippen molar-refractivity contribution in [3.63, 3.8) is 0 Å². The normalized spacial score (nSPS) is 11.0. The Balaban J connectivity index is 1.66. The molecule has 0 aliphatic carbocycles. The smallest absolute Gasteiger partial charge is 0.256 e. The van der Waals surface area contributed by atoms with Gasteiger partial charge in [-0.25, -0.2) is 0 Å². The zero-order chi connectivity index (χ0) is 22.8. The van der Waals surface area contributed by atoms with E-state index < -0.39 is 0 Å². The Bertz CT molecular complexity index is 1290. The number of carbonyl (C=O) groups is 1. The molecule has 7 heteroatoms. The molecule has 0 saturated carbocycles. The molecule has 4 rings (SSSR count). The Morgan fingerprint density at radius 3 is 2.31 bits per heavy atom. The van der Waals surface area contributed by atoms with Crippen LogP contribution in [0, 0.1) is 13.8 Å². The molecular weight excluding hydrogens is 466 g/mol. The number of halogens is 1. The molecule has 164 valence electrons. The summed E-state index contributed by atoms with van der Waals surface area (Å²) in [4.78, 5) is 16.7. The molecule has 1 aromatic heterocycles. The van der Waals surface area contributed by atoms with Crippen molar-refractivity contribution in [1.29, 1.82) is 0 Å². The summed E-state index contributed by atoms with van der Waals surface area (Å²) in [7, 11) is 0. The second kappa shape index (κ2) is 9.12. The van der Waals surface area contributed by atoms with Gasteiger partial charge in [0.25, 0.3) is 5.91 Å². The van der Waals surface area contributed by atoms with Crippen molar-refractivity contribution in [1.82, 2.24) is 15.0 Å². The van der Waals surface area contributed by atoms with Gasteiger partial charge in [-0.3, -0.25) is 4.79 Å². The summed E-state index contributed by atoms with van der Waals surface area (Å²) in [5.74, 6) is -0.171. The molecule has 0 saturated heterocycles. The molecule has 0 unspecified atom stereocenters. The second-order valence-electron chi connectivity index (χ2n) is 7.72. The summed E-state index contributed by atoms with van der Waals surface area (Å²) in [5.41, 5.74) is 6.99. The highest BCUT2D eigenvalue weighted by Crippen LogP contribution is 2.26. The summed E-state index contributed by atoms with van der Waals surface area (Å²) >= 11 is 3.44. The van der Waals surface area contributed by atoms with Crippen LogP contribution >= 0.6 is 15.9 Å². The zero-order valence-electron chi connectivity index (χ0n) is 18.7. The third-order valence-corrected chi connectivity index (χ3v) is 6.31. The molecule has 4 aromatic rings. The molecule has 0 aliphatic heterocycles. The summed E-state index contributed by atoms with van der Waals surface area (Å²) in [5, 5.41) is 12.4. The molecule has 0 aliphatic rings. The molecule has 0 radical (unpaired) electrons. The predicted octanol–water partition coefficient (Wildman–Crippen LogP) is 5.90. The van der Waals surface area contributed by atoms with Crippen LogP contribution in [0.4, 0.5) is 11.4 Å². The van der Waals surface area contributed by atoms with Crippen LogP contribution in [-0.2, 0) is 0 Å². The van der Waals surface area contributed by atoms with E-state index in [4.69, 9.17) is 0 Å². The number of nitrogens with zero attached hydrogens (tertiary/aromatic N) is 4. The lowest BCUT2D eigenvalue weighted by molar-refractivity contribution is 0.102. The van der Waals surface area contributed by atoms with Gasteiger partial charge < -0.3 is 10.2 Å². The average molecular weight is 492 g/mol. The first kappa shape index (κ1) is 22.0. The van der Waals surface area contributed by atoms with Gasteiger partial charge in [0.1, 0.15) is 11.0 Å². The Hall–Kier alpha value is -3.19. The van der Waals surface area contributed by atoms with E-state index in [0.717, 1.165) is 51.1 Å². The van der Waals surface area contributed by atoms with Gasteiger partial charge in [-0.05, 0) is 97.2 Å². The Morgan fingerprint density at radius 1 is 0.969 bits per heavy atom. The van der Waals surface area contributed by atoms with Crippen LogP contribution in [-0.4, -0.2) is 34.0 Å². The molecule has 0 bridgehead atoms. The van der Waals surface area contributed by atoms with Crippen LogP contribution in [0.1, 0.15) is 35.3 Å². The first-order valence-corrected chi connectivity index (χ1v) is 11.5. The lowest BCUT2D eigenvalue weighted by Crippen LogP contribution is -2.21. The topological polar surface area (TPSA) is 63.1 Å². The van der Waals surface area contributed by atoms with Crippen molar-refractivity contribution in [3.05, 3.63) is 75.8 Å². The molecule has 1 amide bonds. The number of hydrogen-bond acceptors (Lipinski definition) is 4. The van der Waals surface area contributed by atoms with Crippen LogP contribution in [0.2, 0.25) is 0 Å². The maximum absolute atomic E-state index is 12.7. The second-order valence-corrected chi connectivity index (χ2v) is 8.58. The molecule has 0 fully saturated rings. The SMILES string of the molecule is CCN(CC)c1ccc(-n2nc3cc(C)c(NC(=O)c4ccccc4Br)cc3n2)c(C)c1. The lowest BCUT2D eigenvalue weighted by atomic mass is 10.1. The van der Waals surface area contributed by atoms with Gasteiger partial charge in [-0.15, -0.1) is 10.2 Å². The van der Waals surface area contributed by atoms with E-state index in [0.29, 0.717) is 5.56 Å². The van der Waals surface area contributed by atoms with E-state index in [2.05, 4.69) is 75.3 Å². The molecule has 0 spiro atoms. The Labute approximate surface area is 196 Å². The van der Waals surface area contributed by atoms with Gasteiger partial charge in [-0.1, -0.05) is 12.1 Å². The fourth-order valence-corrected chi connectivity index (χ4v) is 4.26. The molecular formula is C25H26BrN5O. The monoisotopic (exact) mass is 491 g/mol. The van der Waals surface area contributed by atoms with Crippen molar-refractivity contribution in [2.45, 2.75) is 27.7 Å². The number of carbonyl (C=O) groups excluding carboxylic acids is 1. The first-order chi connectivity index (χ1) is 15.4. The van der Waals surface area contributed by atoms with Gasteiger partial charge in [0.2, 0.25) is 0 Å². The van der Waals surface area contributed by atoms with Crippen LogP contribution < -0.4 is 10.2 Å². The van der Waals surface area contributed by atoms with Gasteiger partial charge in [0.15, 0.2) is 0 Å². The van der Waals surface area contributed by atoms with Crippen LogP contribution in [0.25, 0.3) is 16.7 Å². The van der Waals surface area contributed by atoms with Crippen molar-refractivity contribution in [2.75, 3.05) is 23.3 Å². The largest absolute Gasteiger partial charge is 0.372 e. The van der Waals surface area contributed by atoms with E-state index in [-0.39, 0.29) is 5.91 Å². The summed E-state index contributed by atoms with van der Waals surface area (Å²) in [6, 6.07) is 17.5. The minimum Gasteiger partial charge on any atom is -0.372 e. The molecule has 1 N–H and O–H groups in total. The number of amides is 1. The lowest BCUT2D eigenvalue weighted by Gasteiger charge is -2.22. The minimum absolute atomic E-state index is 0.171.